The van der Waals surface area contributed by atoms with Gasteiger partial charge in [0, 0.05) is 26.7 Å². The number of likely N-dealkylation sites (N-methyl/N-ethyl adjacent to an activating group) is 1. The third kappa shape index (κ3) is 2.56. The van der Waals surface area contributed by atoms with Crippen LogP contribution in [0.1, 0.15) is 12.1 Å². The van der Waals surface area contributed by atoms with Gasteiger partial charge in [0.1, 0.15) is 10.0 Å². The largest absolute Gasteiger partial charge is 0.375 e. The van der Waals surface area contributed by atoms with E-state index in [-0.39, 0.29) is 22.2 Å². The number of aryl methyl sites for hydroxylation is 2. The van der Waals surface area contributed by atoms with Gasteiger partial charge in [-0.15, -0.1) is 0 Å². The van der Waals surface area contributed by atoms with Gasteiger partial charge in [0.15, 0.2) is 0 Å². The quantitative estimate of drug-likeness (QED) is 0.777. The Kier molecular flexibility index (Phi) is 4.24. The Morgan fingerprint density at radius 3 is 2.68 bits per heavy atom. The molecule has 0 amide bonds. The van der Waals surface area contributed by atoms with Crippen LogP contribution in [0.3, 0.4) is 0 Å². The number of rotatable bonds is 2. The van der Waals surface area contributed by atoms with Gasteiger partial charge in [0.05, 0.1) is 24.4 Å². The SMILES string of the molecule is Cc1nn(C)c(Cl)c1S(=O)(=O)N1CCO[C@H]2CCN(C)C[C@H]21. The topological polar surface area (TPSA) is 67.7 Å². The minimum Gasteiger partial charge on any atom is -0.375 e. The van der Waals surface area contributed by atoms with E-state index in [1.807, 2.05) is 7.05 Å². The fraction of sp³-hybridized carbons (Fsp3) is 0.769. The molecule has 0 aliphatic carbocycles. The molecule has 0 spiro atoms. The summed E-state index contributed by atoms with van der Waals surface area (Å²) in [7, 11) is -0.0433. The number of fused-ring (bicyclic) bond motifs is 1. The molecule has 0 unspecified atom stereocenters. The summed E-state index contributed by atoms with van der Waals surface area (Å²) in [4.78, 5) is 2.25. The minimum atomic E-state index is -3.68. The summed E-state index contributed by atoms with van der Waals surface area (Å²) >= 11 is 6.17. The fourth-order valence-electron chi connectivity index (χ4n) is 3.32. The number of likely N-dealkylation sites (tertiary alicyclic amines) is 1. The molecule has 0 N–H and O–H groups in total. The zero-order valence-electron chi connectivity index (χ0n) is 13.0. The Morgan fingerprint density at radius 1 is 1.32 bits per heavy atom. The average Bonchev–Trinajstić information content (AvgIpc) is 2.71. The van der Waals surface area contributed by atoms with Crippen molar-refractivity contribution in [1.29, 1.82) is 0 Å². The molecular weight excluding hydrogens is 328 g/mol. The highest BCUT2D eigenvalue weighted by atomic mass is 35.5. The lowest BCUT2D eigenvalue weighted by Crippen LogP contribution is -2.60. The van der Waals surface area contributed by atoms with E-state index < -0.39 is 10.0 Å². The van der Waals surface area contributed by atoms with Gasteiger partial charge in [-0.05, 0) is 20.4 Å². The summed E-state index contributed by atoms with van der Waals surface area (Å²) in [6.45, 7) is 4.02. The van der Waals surface area contributed by atoms with E-state index in [1.54, 1.807) is 18.3 Å². The number of halogens is 1. The summed E-state index contributed by atoms with van der Waals surface area (Å²) in [6, 6.07) is -0.173. The zero-order valence-corrected chi connectivity index (χ0v) is 14.6. The van der Waals surface area contributed by atoms with Crippen molar-refractivity contribution in [2.75, 3.05) is 33.3 Å². The second kappa shape index (κ2) is 5.76. The van der Waals surface area contributed by atoms with Gasteiger partial charge in [0.25, 0.3) is 0 Å². The number of piperidine rings is 1. The second-order valence-electron chi connectivity index (χ2n) is 5.97. The van der Waals surface area contributed by atoms with Crippen molar-refractivity contribution in [1.82, 2.24) is 19.0 Å². The molecule has 2 fully saturated rings. The van der Waals surface area contributed by atoms with Crippen molar-refractivity contribution in [3.63, 3.8) is 0 Å². The van der Waals surface area contributed by atoms with E-state index in [0.29, 0.717) is 25.4 Å². The molecule has 2 saturated heterocycles. The Hall–Kier alpha value is -0.670. The lowest BCUT2D eigenvalue weighted by atomic mass is 10.0. The summed E-state index contributed by atoms with van der Waals surface area (Å²) in [5, 5.41) is 4.29. The molecule has 2 aliphatic rings. The zero-order chi connectivity index (χ0) is 16.1. The Balaban J connectivity index is 2.00. The van der Waals surface area contributed by atoms with Gasteiger partial charge >= 0.3 is 0 Å². The van der Waals surface area contributed by atoms with E-state index in [0.717, 1.165) is 13.0 Å². The van der Waals surface area contributed by atoms with Crippen LogP contribution < -0.4 is 0 Å². The molecule has 2 atom stereocenters. The normalized spacial score (nSPS) is 27.8. The minimum absolute atomic E-state index is 0.0459. The summed E-state index contributed by atoms with van der Waals surface area (Å²) in [5.74, 6) is 0. The summed E-state index contributed by atoms with van der Waals surface area (Å²) < 4.78 is 35.0. The highest BCUT2D eigenvalue weighted by Gasteiger charge is 2.44. The number of hydrogen-bond donors (Lipinski definition) is 0. The van der Waals surface area contributed by atoms with Crippen LogP contribution in [0.2, 0.25) is 5.15 Å². The van der Waals surface area contributed by atoms with Crippen LogP contribution in [-0.2, 0) is 21.8 Å². The number of hydrogen-bond acceptors (Lipinski definition) is 5. The van der Waals surface area contributed by atoms with Crippen molar-refractivity contribution in [2.24, 2.45) is 7.05 Å². The maximum atomic E-state index is 13.1. The van der Waals surface area contributed by atoms with Crippen molar-refractivity contribution in [3.8, 4) is 0 Å². The third-order valence-corrected chi connectivity index (χ3v) is 7.02. The molecule has 0 radical (unpaired) electrons. The Morgan fingerprint density at radius 2 is 2.05 bits per heavy atom. The van der Waals surface area contributed by atoms with Gasteiger partial charge < -0.3 is 9.64 Å². The van der Waals surface area contributed by atoms with Crippen LogP contribution in [0.25, 0.3) is 0 Å². The van der Waals surface area contributed by atoms with Gasteiger partial charge in [0.2, 0.25) is 10.0 Å². The standard InChI is InChI=1S/C13H21ClN4O3S/c1-9-12(13(14)17(3)15-9)22(19,20)18-6-7-21-11-4-5-16(2)8-10(11)18/h10-11H,4-8H2,1-3H3/t10-,11+/m1/s1. The van der Waals surface area contributed by atoms with E-state index in [9.17, 15) is 8.42 Å². The highest BCUT2D eigenvalue weighted by molar-refractivity contribution is 7.89. The van der Waals surface area contributed by atoms with E-state index in [4.69, 9.17) is 16.3 Å². The van der Waals surface area contributed by atoms with Crippen LogP contribution in [-0.4, -0.2) is 72.8 Å². The molecule has 3 rings (SSSR count). The average molecular weight is 349 g/mol. The number of ether oxygens (including phenoxy) is 1. The molecule has 1 aromatic rings. The summed E-state index contributed by atoms with van der Waals surface area (Å²) in [6.07, 6.45) is 0.794. The van der Waals surface area contributed by atoms with Crippen molar-refractivity contribution in [2.45, 2.75) is 30.4 Å². The predicted octanol–water partition coefficient (Wildman–Crippen LogP) is 0.476. The monoisotopic (exact) mass is 348 g/mol. The molecule has 0 aromatic carbocycles. The number of morpholine rings is 1. The lowest BCUT2D eigenvalue weighted by molar-refractivity contribution is -0.0719. The van der Waals surface area contributed by atoms with Crippen LogP contribution in [0.15, 0.2) is 4.90 Å². The van der Waals surface area contributed by atoms with Gasteiger partial charge in [-0.3, -0.25) is 4.68 Å². The van der Waals surface area contributed by atoms with Gasteiger partial charge in [-0.1, -0.05) is 11.6 Å². The van der Waals surface area contributed by atoms with Crippen LogP contribution >= 0.6 is 11.6 Å². The highest BCUT2D eigenvalue weighted by Crippen LogP contribution is 2.32. The maximum Gasteiger partial charge on any atom is 0.248 e. The first-order valence-electron chi connectivity index (χ1n) is 7.33. The number of sulfonamides is 1. The Bertz CT molecular complexity index is 675. The van der Waals surface area contributed by atoms with E-state index >= 15 is 0 Å². The van der Waals surface area contributed by atoms with E-state index in [1.165, 1.54) is 4.68 Å². The number of aromatic nitrogens is 2. The molecule has 1 aromatic heterocycles. The first kappa shape index (κ1) is 16.2. The molecule has 0 bridgehead atoms. The van der Waals surface area contributed by atoms with Gasteiger partial charge in [-0.2, -0.15) is 9.40 Å². The first-order valence-corrected chi connectivity index (χ1v) is 9.15. The molecule has 124 valence electrons. The lowest BCUT2D eigenvalue weighted by Gasteiger charge is -2.45. The molecule has 2 aliphatic heterocycles. The molecule has 9 heteroatoms. The molecule has 3 heterocycles. The smallest absolute Gasteiger partial charge is 0.248 e. The van der Waals surface area contributed by atoms with Crippen LogP contribution in [0, 0.1) is 6.92 Å². The number of nitrogens with zero attached hydrogens (tertiary/aromatic N) is 4. The summed E-state index contributed by atoms with van der Waals surface area (Å²) in [5.41, 5.74) is 0.430. The van der Waals surface area contributed by atoms with Crippen molar-refractivity contribution in [3.05, 3.63) is 10.8 Å². The molecular formula is C13H21ClN4O3S. The van der Waals surface area contributed by atoms with Crippen LogP contribution in [0.4, 0.5) is 0 Å². The molecule has 7 nitrogen and oxygen atoms in total. The van der Waals surface area contributed by atoms with E-state index in [2.05, 4.69) is 10.00 Å². The van der Waals surface area contributed by atoms with Crippen molar-refractivity contribution >= 4 is 21.6 Å². The molecule has 0 saturated carbocycles. The second-order valence-corrected chi connectivity index (χ2v) is 8.16. The fourth-order valence-corrected chi connectivity index (χ4v) is 5.65. The van der Waals surface area contributed by atoms with Gasteiger partial charge in [-0.25, -0.2) is 8.42 Å². The molecule has 22 heavy (non-hydrogen) atoms. The van der Waals surface area contributed by atoms with Crippen molar-refractivity contribution < 1.29 is 13.2 Å². The third-order valence-electron chi connectivity index (χ3n) is 4.40. The van der Waals surface area contributed by atoms with Crippen LogP contribution in [0.5, 0.6) is 0 Å². The maximum absolute atomic E-state index is 13.1. The Labute approximate surface area is 135 Å². The predicted molar refractivity (Wildman–Crippen MR) is 82.5 cm³/mol. The first-order chi connectivity index (χ1) is 10.3.